The first kappa shape index (κ1) is 15.6. The molecule has 0 aliphatic heterocycles. The minimum atomic E-state index is -0.743. The number of aryl methyl sites for hydroxylation is 2. The summed E-state index contributed by atoms with van der Waals surface area (Å²) in [5.74, 6) is -0.966. The summed E-state index contributed by atoms with van der Waals surface area (Å²) in [6, 6.07) is 12.6. The maximum atomic E-state index is 12.1. The van der Waals surface area contributed by atoms with Gasteiger partial charge < -0.3 is 15.4 Å². The van der Waals surface area contributed by atoms with Crippen LogP contribution in [0.15, 0.2) is 42.5 Å². The Kier molecular flexibility index (Phi) is 4.78. The Bertz CT molecular complexity index is 691. The molecule has 5 heteroatoms. The molecular weight excluding hydrogens is 280 g/mol. The molecule has 0 aliphatic carbocycles. The van der Waals surface area contributed by atoms with Crippen molar-refractivity contribution in [3.05, 3.63) is 53.6 Å². The van der Waals surface area contributed by atoms with E-state index >= 15 is 0 Å². The molecule has 0 saturated carbocycles. The van der Waals surface area contributed by atoms with Crippen LogP contribution in [0.25, 0.3) is 0 Å². The first-order valence-corrected chi connectivity index (χ1v) is 6.84. The van der Waals surface area contributed by atoms with E-state index in [0.29, 0.717) is 17.1 Å². The van der Waals surface area contributed by atoms with Gasteiger partial charge in [-0.3, -0.25) is 9.59 Å². The Balaban J connectivity index is 2.12. The van der Waals surface area contributed by atoms with Crippen LogP contribution in [0, 0.1) is 13.8 Å². The number of nitrogens with one attached hydrogen (secondary N) is 2. The van der Waals surface area contributed by atoms with Crippen molar-refractivity contribution in [1.29, 1.82) is 0 Å². The lowest BCUT2D eigenvalue weighted by atomic mass is 10.1. The highest BCUT2D eigenvalue weighted by Gasteiger charge is 2.17. The Morgan fingerprint density at radius 3 is 2.09 bits per heavy atom. The van der Waals surface area contributed by atoms with Crippen LogP contribution in [0.2, 0.25) is 0 Å². The van der Waals surface area contributed by atoms with Crippen LogP contribution in [0.5, 0.6) is 5.75 Å². The summed E-state index contributed by atoms with van der Waals surface area (Å²) in [4.78, 5) is 24.1. The van der Waals surface area contributed by atoms with Crippen LogP contribution in [0.3, 0.4) is 0 Å². The standard InChI is InChI=1S/C17H18N2O3/c1-11-7-6-8-12(2)15(11)19-17(21)16(20)18-13-9-4-5-10-14(13)22-3/h4-10H,1-3H3,(H,18,20)(H,19,21). The molecule has 5 nitrogen and oxygen atoms in total. The van der Waals surface area contributed by atoms with Gasteiger partial charge in [0.2, 0.25) is 0 Å². The van der Waals surface area contributed by atoms with Gasteiger partial charge in [0.1, 0.15) is 5.75 Å². The van der Waals surface area contributed by atoms with Crippen molar-refractivity contribution < 1.29 is 14.3 Å². The van der Waals surface area contributed by atoms with Crippen LogP contribution in [0.4, 0.5) is 11.4 Å². The summed E-state index contributed by atoms with van der Waals surface area (Å²) >= 11 is 0. The first-order valence-electron chi connectivity index (χ1n) is 6.84. The van der Waals surface area contributed by atoms with Gasteiger partial charge in [0.05, 0.1) is 12.8 Å². The van der Waals surface area contributed by atoms with Crippen molar-refractivity contribution in [3.63, 3.8) is 0 Å². The van der Waals surface area contributed by atoms with Crippen LogP contribution in [-0.2, 0) is 9.59 Å². The van der Waals surface area contributed by atoms with Crippen molar-refractivity contribution in [3.8, 4) is 5.75 Å². The molecule has 0 spiro atoms. The molecule has 0 radical (unpaired) electrons. The number of ether oxygens (including phenoxy) is 1. The first-order chi connectivity index (χ1) is 10.5. The second-order valence-corrected chi connectivity index (χ2v) is 4.88. The molecule has 2 N–H and O–H groups in total. The molecule has 2 rings (SSSR count). The van der Waals surface area contributed by atoms with Gasteiger partial charge in [-0.2, -0.15) is 0 Å². The number of carbonyl (C=O) groups excluding carboxylic acids is 2. The van der Waals surface area contributed by atoms with E-state index in [-0.39, 0.29) is 0 Å². The molecule has 0 aromatic heterocycles. The Labute approximate surface area is 129 Å². The predicted molar refractivity (Wildman–Crippen MR) is 86.2 cm³/mol. The molecule has 0 unspecified atom stereocenters. The SMILES string of the molecule is COc1ccccc1NC(=O)C(=O)Nc1c(C)cccc1C. The Hall–Kier alpha value is -2.82. The van der Waals surface area contributed by atoms with Crippen LogP contribution < -0.4 is 15.4 Å². The zero-order chi connectivity index (χ0) is 16.1. The Morgan fingerprint density at radius 1 is 0.864 bits per heavy atom. The zero-order valence-corrected chi connectivity index (χ0v) is 12.8. The largest absolute Gasteiger partial charge is 0.495 e. The lowest BCUT2D eigenvalue weighted by molar-refractivity contribution is -0.133. The van der Waals surface area contributed by atoms with Gasteiger partial charge in [0.25, 0.3) is 0 Å². The molecule has 2 amide bonds. The maximum absolute atomic E-state index is 12.1. The average molecular weight is 298 g/mol. The van der Waals surface area contributed by atoms with Crippen molar-refractivity contribution in [2.24, 2.45) is 0 Å². The quantitative estimate of drug-likeness (QED) is 0.856. The molecule has 0 bridgehead atoms. The van der Waals surface area contributed by atoms with E-state index in [1.54, 1.807) is 24.3 Å². The fraction of sp³-hybridized carbons (Fsp3) is 0.176. The normalized spacial score (nSPS) is 9.95. The van der Waals surface area contributed by atoms with E-state index in [1.165, 1.54) is 7.11 Å². The minimum absolute atomic E-state index is 0.451. The number of rotatable bonds is 3. The number of benzene rings is 2. The summed E-state index contributed by atoms with van der Waals surface area (Å²) < 4.78 is 5.14. The molecule has 0 heterocycles. The number of methoxy groups -OCH3 is 1. The highest BCUT2D eigenvalue weighted by Crippen LogP contribution is 2.23. The van der Waals surface area contributed by atoms with E-state index in [1.807, 2.05) is 32.0 Å². The summed E-state index contributed by atoms with van der Waals surface area (Å²) in [6.45, 7) is 3.75. The van der Waals surface area contributed by atoms with Gasteiger partial charge in [-0.1, -0.05) is 30.3 Å². The van der Waals surface area contributed by atoms with E-state index in [4.69, 9.17) is 4.74 Å². The molecule has 2 aromatic rings. The third-order valence-corrected chi connectivity index (χ3v) is 3.28. The monoisotopic (exact) mass is 298 g/mol. The number of para-hydroxylation sites is 3. The molecule has 0 saturated heterocycles. The number of anilines is 2. The fourth-order valence-corrected chi connectivity index (χ4v) is 2.11. The van der Waals surface area contributed by atoms with E-state index in [9.17, 15) is 9.59 Å². The van der Waals surface area contributed by atoms with E-state index < -0.39 is 11.8 Å². The van der Waals surface area contributed by atoms with Gasteiger partial charge in [-0.25, -0.2) is 0 Å². The number of amides is 2. The van der Waals surface area contributed by atoms with E-state index in [2.05, 4.69) is 10.6 Å². The van der Waals surface area contributed by atoms with Gasteiger partial charge in [0, 0.05) is 5.69 Å². The predicted octanol–water partition coefficient (Wildman–Crippen LogP) is 2.89. The molecule has 22 heavy (non-hydrogen) atoms. The minimum Gasteiger partial charge on any atom is -0.495 e. The molecule has 0 aliphatic rings. The van der Waals surface area contributed by atoms with E-state index in [0.717, 1.165) is 11.1 Å². The smallest absolute Gasteiger partial charge is 0.314 e. The van der Waals surface area contributed by atoms with Crippen LogP contribution in [0.1, 0.15) is 11.1 Å². The summed E-state index contributed by atoms with van der Waals surface area (Å²) in [5, 5.41) is 5.19. The van der Waals surface area contributed by atoms with Gasteiger partial charge in [-0.05, 0) is 37.1 Å². The lowest BCUT2D eigenvalue weighted by Gasteiger charge is -2.12. The van der Waals surface area contributed by atoms with Gasteiger partial charge >= 0.3 is 11.8 Å². The number of hydrogen-bond acceptors (Lipinski definition) is 3. The lowest BCUT2D eigenvalue weighted by Crippen LogP contribution is -2.29. The molecule has 0 atom stereocenters. The average Bonchev–Trinajstić information content (AvgIpc) is 2.51. The number of carbonyl (C=O) groups is 2. The molecule has 0 fully saturated rings. The van der Waals surface area contributed by atoms with Crippen molar-refractivity contribution >= 4 is 23.2 Å². The van der Waals surface area contributed by atoms with Gasteiger partial charge in [0.15, 0.2) is 0 Å². The second kappa shape index (κ2) is 6.76. The third kappa shape index (κ3) is 3.44. The summed E-state index contributed by atoms with van der Waals surface area (Å²) in [6.07, 6.45) is 0. The highest BCUT2D eigenvalue weighted by atomic mass is 16.5. The molecule has 114 valence electrons. The fourth-order valence-electron chi connectivity index (χ4n) is 2.11. The molecular formula is C17H18N2O3. The zero-order valence-electron chi connectivity index (χ0n) is 12.8. The number of hydrogen-bond donors (Lipinski definition) is 2. The second-order valence-electron chi connectivity index (χ2n) is 4.88. The maximum Gasteiger partial charge on any atom is 0.314 e. The Morgan fingerprint density at radius 2 is 1.45 bits per heavy atom. The van der Waals surface area contributed by atoms with Crippen molar-refractivity contribution in [1.82, 2.24) is 0 Å². The third-order valence-electron chi connectivity index (χ3n) is 3.28. The highest BCUT2D eigenvalue weighted by molar-refractivity contribution is 6.43. The topological polar surface area (TPSA) is 67.4 Å². The van der Waals surface area contributed by atoms with Crippen molar-refractivity contribution in [2.45, 2.75) is 13.8 Å². The summed E-state index contributed by atoms with van der Waals surface area (Å²) in [7, 11) is 1.50. The molecule has 2 aromatic carbocycles. The van der Waals surface area contributed by atoms with Gasteiger partial charge in [-0.15, -0.1) is 0 Å². The van der Waals surface area contributed by atoms with Crippen LogP contribution >= 0.6 is 0 Å². The van der Waals surface area contributed by atoms with Crippen molar-refractivity contribution in [2.75, 3.05) is 17.7 Å². The van der Waals surface area contributed by atoms with Crippen LogP contribution in [-0.4, -0.2) is 18.9 Å². The summed E-state index contributed by atoms with van der Waals surface area (Å²) in [5.41, 5.74) is 2.91.